The number of quaternary nitrogens is 1. The van der Waals surface area contributed by atoms with Gasteiger partial charge in [-0.25, -0.2) is 9.78 Å². The van der Waals surface area contributed by atoms with Crippen LogP contribution in [0, 0.1) is 0 Å². The van der Waals surface area contributed by atoms with Crippen molar-refractivity contribution in [3.05, 3.63) is 66.0 Å². The van der Waals surface area contributed by atoms with Crippen molar-refractivity contribution in [1.29, 1.82) is 0 Å². The molecule has 9 heteroatoms. The molecular formula is C23H21N8O+. The number of pyridine rings is 1. The quantitative estimate of drug-likeness (QED) is 0.425. The summed E-state index contributed by atoms with van der Waals surface area (Å²) in [4.78, 5) is 18.0. The lowest BCUT2D eigenvalue weighted by atomic mass is 9.89. The summed E-state index contributed by atoms with van der Waals surface area (Å²) < 4.78 is -0.0128. The van der Waals surface area contributed by atoms with Crippen molar-refractivity contribution >= 4 is 46.3 Å². The van der Waals surface area contributed by atoms with E-state index in [2.05, 4.69) is 48.2 Å². The Morgan fingerprint density at radius 2 is 2.09 bits per heavy atom. The SMILES string of the molecule is O=C(Nc1cccnc1Nc1ccc2cn[nH]c2c1)[N+]12C=NN=C1C1=C(CC=CC1)CC2. The smallest absolute Gasteiger partial charge is 0.338 e. The molecule has 0 bridgehead atoms. The predicted octanol–water partition coefficient (Wildman–Crippen LogP) is 4.46. The Labute approximate surface area is 183 Å². The summed E-state index contributed by atoms with van der Waals surface area (Å²) in [7, 11) is 0. The van der Waals surface area contributed by atoms with Crippen LogP contribution in [0.25, 0.3) is 10.9 Å². The number of aromatic amines is 1. The number of fused-ring (bicyclic) bond motifs is 3. The average Bonchev–Trinajstić information content (AvgIpc) is 3.48. The third kappa shape index (κ3) is 2.94. The molecule has 2 amide bonds. The second kappa shape index (κ2) is 7.24. The van der Waals surface area contributed by atoms with Crippen LogP contribution in [0.1, 0.15) is 19.3 Å². The topological polar surface area (TPSA) is 107 Å². The fourth-order valence-electron chi connectivity index (χ4n) is 4.50. The molecule has 2 aliphatic heterocycles. The fraction of sp³-hybridized carbons (Fsp3) is 0.174. The number of rotatable bonds is 3. The summed E-state index contributed by atoms with van der Waals surface area (Å²) in [5.74, 6) is 1.29. The summed E-state index contributed by atoms with van der Waals surface area (Å²) >= 11 is 0. The molecule has 0 spiro atoms. The predicted molar refractivity (Wildman–Crippen MR) is 124 cm³/mol. The third-order valence-electron chi connectivity index (χ3n) is 6.21. The van der Waals surface area contributed by atoms with E-state index in [0.717, 1.165) is 47.3 Å². The van der Waals surface area contributed by atoms with Gasteiger partial charge >= 0.3 is 6.03 Å². The van der Waals surface area contributed by atoms with Gasteiger partial charge < -0.3 is 5.32 Å². The van der Waals surface area contributed by atoms with E-state index in [-0.39, 0.29) is 10.5 Å². The maximum Gasteiger partial charge on any atom is 0.433 e. The lowest BCUT2D eigenvalue weighted by molar-refractivity contribution is -0.645. The first-order valence-electron chi connectivity index (χ1n) is 10.6. The molecule has 6 rings (SSSR count). The molecule has 3 aromatic rings. The Balaban J connectivity index is 1.28. The number of anilines is 3. The minimum Gasteiger partial charge on any atom is -0.338 e. The Morgan fingerprint density at radius 3 is 3.06 bits per heavy atom. The summed E-state index contributed by atoms with van der Waals surface area (Å²) in [6.45, 7) is 0.611. The zero-order valence-electron chi connectivity index (χ0n) is 17.2. The van der Waals surface area contributed by atoms with Crippen LogP contribution in [0.5, 0.6) is 0 Å². The number of allylic oxidation sites excluding steroid dienone is 2. The van der Waals surface area contributed by atoms with Gasteiger partial charge in [-0.3, -0.25) is 10.4 Å². The molecule has 2 aromatic heterocycles. The van der Waals surface area contributed by atoms with Crippen molar-refractivity contribution in [2.75, 3.05) is 17.2 Å². The third-order valence-corrected chi connectivity index (χ3v) is 6.21. The van der Waals surface area contributed by atoms with E-state index >= 15 is 0 Å². The summed E-state index contributed by atoms with van der Waals surface area (Å²) in [6.07, 6.45) is 12.0. The highest BCUT2D eigenvalue weighted by molar-refractivity contribution is 6.10. The second-order valence-electron chi connectivity index (χ2n) is 8.09. The van der Waals surface area contributed by atoms with Gasteiger partial charge in [0, 0.05) is 29.3 Å². The van der Waals surface area contributed by atoms with E-state index in [1.807, 2.05) is 24.3 Å². The van der Waals surface area contributed by atoms with Crippen molar-refractivity contribution in [2.24, 2.45) is 10.2 Å². The largest absolute Gasteiger partial charge is 0.433 e. The van der Waals surface area contributed by atoms with Gasteiger partial charge in [-0.1, -0.05) is 22.4 Å². The zero-order valence-corrected chi connectivity index (χ0v) is 17.2. The molecule has 1 unspecified atom stereocenters. The number of H-pyrrole nitrogens is 1. The van der Waals surface area contributed by atoms with Gasteiger partial charge in [0.1, 0.15) is 6.54 Å². The number of nitrogens with one attached hydrogen (secondary N) is 3. The number of nitrogens with zero attached hydrogens (tertiary/aromatic N) is 5. The van der Waals surface area contributed by atoms with E-state index in [9.17, 15) is 4.79 Å². The number of amidine groups is 1. The van der Waals surface area contributed by atoms with Crippen LogP contribution in [-0.4, -0.2) is 44.4 Å². The molecule has 0 radical (unpaired) electrons. The molecule has 1 aromatic carbocycles. The zero-order chi connectivity index (χ0) is 21.5. The van der Waals surface area contributed by atoms with Crippen molar-refractivity contribution in [3.63, 3.8) is 0 Å². The van der Waals surface area contributed by atoms with Crippen LogP contribution >= 0.6 is 0 Å². The molecule has 0 fully saturated rings. The van der Waals surface area contributed by atoms with Crippen LogP contribution in [0.4, 0.5) is 22.0 Å². The first kappa shape index (κ1) is 18.6. The van der Waals surface area contributed by atoms with Gasteiger partial charge in [-0.2, -0.15) is 5.10 Å². The molecule has 0 saturated carbocycles. The Kier molecular flexibility index (Phi) is 4.22. The Hall–Kier alpha value is -4.11. The lowest BCUT2D eigenvalue weighted by Crippen LogP contribution is -2.59. The molecule has 3 N–H and O–H groups in total. The number of hydrogen-bond donors (Lipinski definition) is 3. The minimum absolute atomic E-state index is 0.0128. The molecule has 4 heterocycles. The minimum atomic E-state index is -0.189. The van der Waals surface area contributed by atoms with Crippen LogP contribution in [0.3, 0.4) is 0 Å². The van der Waals surface area contributed by atoms with Crippen molar-refractivity contribution in [2.45, 2.75) is 19.3 Å². The monoisotopic (exact) mass is 425 g/mol. The van der Waals surface area contributed by atoms with Gasteiger partial charge in [0.25, 0.3) is 5.84 Å². The Bertz CT molecular complexity index is 1370. The number of urea groups is 1. The van der Waals surface area contributed by atoms with Gasteiger partial charge in [0.05, 0.1) is 17.4 Å². The van der Waals surface area contributed by atoms with Crippen molar-refractivity contribution in [1.82, 2.24) is 15.2 Å². The highest BCUT2D eigenvalue weighted by Crippen LogP contribution is 2.35. The summed E-state index contributed by atoms with van der Waals surface area (Å²) in [5.41, 5.74) is 4.86. The molecule has 0 saturated heterocycles. The molecular weight excluding hydrogens is 404 g/mol. The maximum absolute atomic E-state index is 13.6. The van der Waals surface area contributed by atoms with Gasteiger partial charge in [-0.15, -0.1) is 4.48 Å². The molecule has 158 valence electrons. The molecule has 32 heavy (non-hydrogen) atoms. The van der Waals surface area contributed by atoms with Crippen LogP contribution in [-0.2, 0) is 0 Å². The Morgan fingerprint density at radius 1 is 1.16 bits per heavy atom. The second-order valence-corrected chi connectivity index (χ2v) is 8.09. The fourth-order valence-corrected chi connectivity index (χ4v) is 4.50. The van der Waals surface area contributed by atoms with Crippen LogP contribution in [0.2, 0.25) is 0 Å². The van der Waals surface area contributed by atoms with Crippen LogP contribution in [0.15, 0.2) is 76.2 Å². The number of benzene rings is 1. The average molecular weight is 425 g/mol. The highest BCUT2D eigenvalue weighted by Gasteiger charge is 2.50. The highest BCUT2D eigenvalue weighted by atomic mass is 16.2. The number of hydrogen-bond acceptors (Lipinski definition) is 6. The lowest BCUT2D eigenvalue weighted by Gasteiger charge is -2.34. The van der Waals surface area contributed by atoms with Gasteiger partial charge in [-0.05, 0) is 48.7 Å². The van der Waals surface area contributed by atoms with Crippen molar-refractivity contribution < 1.29 is 9.28 Å². The van der Waals surface area contributed by atoms with E-state index in [4.69, 9.17) is 0 Å². The first-order chi connectivity index (χ1) is 15.7. The van der Waals surface area contributed by atoms with Gasteiger partial charge in [0.15, 0.2) is 5.82 Å². The number of amides is 2. The standard InChI is InChI=1S/C23H20N8O/c32-23(31-11-9-15-4-1-2-5-18(15)22(31)30-26-14-31)28-19-6-3-10-24-21(19)27-17-8-7-16-13-25-29-20(16)12-17/h1-3,6-8,10,12-14H,4-5,9,11H2,(H2-,24,25,27,28,29,32)/p+1. The van der Waals surface area contributed by atoms with Crippen LogP contribution < -0.4 is 10.6 Å². The number of carbonyl (C=O) groups excluding carboxylic acids is 1. The molecule has 1 aliphatic carbocycles. The van der Waals surface area contributed by atoms with E-state index in [1.165, 1.54) is 5.57 Å². The summed E-state index contributed by atoms with van der Waals surface area (Å²) in [6, 6.07) is 9.33. The molecule has 3 aliphatic rings. The van der Waals surface area contributed by atoms with E-state index in [0.29, 0.717) is 18.1 Å². The molecule has 9 nitrogen and oxygen atoms in total. The van der Waals surface area contributed by atoms with Gasteiger partial charge in [0.2, 0.25) is 6.34 Å². The number of carbonyl (C=O) groups is 1. The molecule has 1 atom stereocenters. The first-order valence-corrected chi connectivity index (χ1v) is 10.6. The van der Waals surface area contributed by atoms with E-state index in [1.54, 1.807) is 24.8 Å². The maximum atomic E-state index is 13.6. The van der Waals surface area contributed by atoms with Crippen molar-refractivity contribution in [3.8, 4) is 0 Å². The summed E-state index contributed by atoms with van der Waals surface area (Å²) in [5, 5.41) is 22.9. The van der Waals surface area contributed by atoms with E-state index < -0.39 is 0 Å². The number of aromatic nitrogens is 3. The normalized spacial score (nSPS) is 21.3.